The van der Waals surface area contributed by atoms with Crippen molar-refractivity contribution >= 4 is 23.5 Å². The van der Waals surface area contributed by atoms with Gasteiger partial charge in [-0.2, -0.15) is 0 Å². The molecular weight excluding hydrogens is 342 g/mol. The molecule has 1 rings (SSSR count). The summed E-state index contributed by atoms with van der Waals surface area (Å²) in [7, 11) is 0. The molecule has 0 aliphatic carbocycles. The molecule has 26 heavy (non-hydrogen) atoms. The average molecular weight is 365 g/mol. The summed E-state index contributed by atoms with van der Waals surface area (Å²) in [6.07, 6.45) is 0.873. The van der Waals surface area contributed by atoms with E-state index in [1.165, 1.54) is 6.07 Å². The Morgan fingerprint density at radius 2 is 1.85 bits per heavy atom. The first kappa shape index (κ1) is 21.1. The molecule has 0 aromatic heterocycles. The third-order valence-electron chi connectivity index (χ3n) is 3.56. The fourth-order valence-electron chi connectivity index (χ4n) is 2.02. The molecule has 1 aromatic rings. The van der Waals surface area contributed by atoms with Gasteiger partial charge in [0.15, 0.2) is 0 Å². The number of esters is 1. The van der Waals surface area contributed by atoms with Gasteiger partial charge in [0, 0.05) is 36.7 Å². The van der Waals surface area contributed by atoms with E-state index in [0.29, 0.717) is 0 Å². The standard InChI is InChI=1S/C17H23N3O6/c1-4-11(3)19-15(21)6-7-18-16(22)12-8-13(17(23)26-5-2)10-14(9-12)20(24)25/h8-11H,4-7H2,1-3H3,(H,18,22)(H,19,21). The van der Waals surface area contributed by atoms with Crippen molar-refractivity contribution in [1.29, 1.82) is 0 Å². The van der Waals surface area contributed by atoms with Crippen molar-refractivity contribution in [3.8, 4) is 0 Å². The molecule has 0 saturated heterocycles. The van der Waals surface area contributed by atoms with E-state index in [1.807, 2.05) is 13.8 Å². The van der Waals surface area contributed by atoms with Gasteiger partial charge in [-0.15, -0.1) is 0 Å². The van der Waals surface area contributed by atoms with Crippen LogP contribution in [0.5, 0.6) is 0 Å². The van der Waals surface area contributed by atoms with E-state index >= 15 is 0 Å². The zero-order valence-electron chi connectivity index (χ0n) is 15.0. The number of nitro benzene ring substituents is 1. The molecule has 0 saturated carbocycles. The van der Waals surface area contributed by atoms with Crippen molar-refractivity contribution in [1.82, 2.24) is 10.6 Å². The number of rotatable bonds is 9. The van der Waals surface area contributed by atoms with Gasteiger partial charge >= 0.3 is 5.97 Å². The minimum atomic E-state index is -0.752. The summed E-state index contributed by atoms with van der Waals surface area (Å²) < 4.78 is 4.81. The van der Waals surface area contributed by atoms with Crippen LogP contribution >= 0.6 is 0 Å². The van der Waals surface area contributed by atoms with Crippen molar-refractivity contribution in [3.05, 3.63) is 39.4 Å². The number of nitro groups is 1. The van der Waals surface area contributed by atoms with Crippen LogP contribution in [0.1, 0.15) is 54.3 Å². The summed E-state index contributed by atoms with van der Waals surface area (Å²) >= 11 is 0. The second kappa shape index (κ2) is 10.1. The van der Waals surface area contributed by atoms with E-state index in [0.717, 1.165) is 18.6 Å². The number of nitrogens with zero attached hydrogens (tertiary/aromatic N) is 1. The summed E-state index contributed by atoms with van der Waals surface area (Å²) in [6, 6.07) is 3.38. The molecule has 2 N–H and O–H groups in total. The van der Waals surface area contributed by atoms with Crippen LogP contribution in [0.3, 0.4) is 0 Å². The number of ether oxygens (including phenoxy) is 1. The van der Waals surface area contributed by atoms with Gasteiger partial charge < -0.3 is 15.4 Å². The lowest BCUT2D eigenvalue weighted by molar-refractivity contribution is -0.384. The average Bonchev–Trinajstić information content (AvgIpc) is 2.61. The molecule has 0 aliphatic rings. The number of hydrogen-bond acceptors (Lipinski definition) is 6. The van der Waals surface area contributed by atoms with Crippen molar-refractivity contribution in [2.45, 2.75) is 39.7 Å². The Morgan fingerprint density at radius 3 is 2.42 bits per heavy atom. The molecule has 0 bridgehead atoms. The van der Waals surface area contributed by atoms with Crippen LogP contribution in [0.2, 0.25) is 0 Å². The van der Waals surface area contributed by atoms with E-state index in [9.17, 15) is 24.5 Å². The molecule has 142 valence electrons. The van der Waals surface area contributed by atoms with Gasteiger partial charge in [0.1, 0.15) is 0 Å². The van der Waals surface area contributed by atoms with Crippen LogP contribution < -0.4 is 10.6 Å². The van der Waals surface area contributed by atoms with Gasteiger partial charge in [0.05, 0.1) is 17.1 Å². The topological polar surface area (TPSA) is 128 Å². The SMILES string of the molecule is CCOC(=O)c1cc(C(=O)NCCC(=O)NC(C)CC)cc([N+](=O)[O-])c1. The summed E-state index contributed by atoms with van der Waals surface area (Å²) in [5.74, 6) is -1.57. The van der Waals surface area contributed by atoms with E-state index in [4.69, 9.17) is 4.74 Å². The molecule has 1 atom stereocenters. The second-order valence-corrected chi connectivity index (χ2v) is 5.63. The highest BCUT2D eigenvalue weighted by molar-refractivity contribution is 5.99. The van der Waals surface area contributed by atoms with Crippen LogP contribution in [-0.4, -0.2) is 41.9 Å². The van der Waals surface area contributed by atoms with Gasteiger partial charge in [-0.25, -0.2) is 4.79 Å². The third kappa shape index (κ3) is 6.50. The molecule has 0 radical (unpaired) electrons. The second-order valence-electron chi connectivity index (χ2n) is 5.63. The number of amides is 2. The number of benzene rings is 1. The van der Waals surface area contributed by atoms with Crippen LogP contribution in [0.4, 0.5) is 5.69 Å². The summed E-state index contributed by atoms with van der Waals surface area (Å²) in [5.41, 5.74) is -0.527. The highest BCUT2D eigenvalue weighted by Gasteiger charge is 2.18. The maximum atomic E-state index is 12.2. The summed E-state index contributed by atoms with van der Waals surface area (Å²) in [5, 5.41) is 16.3. The Bertz CT molecular complexity index is 689. The van der Waals surface area contributed by atoms with E-state index in [-0.39, 0.29) is 42.6 Å². The van der Waals surface area contributed by atoms with Crippen LogP contribution in [0, 0.1) is 10.1 Å². The number of carbonyl (C=O) groups is 3. The lowest BCUT2D eigenvalue weighted by Gasteiger charge is -2.11. The zero-order chi connectivity index (χ0) is 19.7. The largest absolute Gasteiger partial charge is 0.462 e. The first-order valence-corrected chi connectivity index (χ1v) is 8.32. The molecular formula is C17H23N3O6. The number of carbonyl (C=O) groups excluding carboxylic acids is 3. The lowest BCUT2D eigenvalue weighted by atomic mass is 10.1. The highest BCUT2D eigenvalue weighted by atomic mass is 16.6. The Labute approximate surface area is 151 Å². The lowest BCUT2D eigenvalue weighted by Crippen LogP contribution is -2.35. The van der Waals surface area contributed by atoms with Crippen molar-refractivity contribution in [2.24, 2.45) is 0 Å². The number of nitrogens with one attached hydrogen (secondary N) is 2. The van der Waals surface area contributed by atoms with Crippen molar-refractivity contribution < 1.29 is 24.0 Å². The van der Waals surface area contributed by atoms with Gasteiger partial charge in [0.25, 0.3) is 11.6 Å². The number of non-ortho nitro benzene ring substituents is 1. The predicted molar refractivity (Wildman–Crippen MR) is 93.9 cm³/mol. The summed E-state index contributed by atoms with van der Waals surface area (Å²) in [4.78, 5) is 46.0. The molecule has 1 unspecified atom stereocenters. The Kier molecular flexibility index (Phi) is 8.20. The zero-order valence-corrected chi connectivity index (χ0v) is 15.0. The molecule has 1 aromatic carbocycles. The van der Waals surface area contributed by atoms with Gasteiger partial charge in [-0.05, 0) is 26.3 Å². The van der Waals surface area contributed by atoms with Gasteiger partial charge in [0.2, 0.25) is 5.91 Å². The van der Waals surface area contributed by atoms with Crippen LogP contribution in [-0.2, 0) is 9.53 Å². The summed E-state index contributed by atoms with van der Waals surface area (Å²) in [6.45, 7) is 5.59. The molecule has 9 nitrogen and oxygen atoms in total. The molecule has 0 fully saturated rings. The van der Waals surface area contributed by atoms with E-state index in [2.05, 4.69) is 10.6 Å². The first-order chi connectivity index (χ1) is 12.3. The van der Waals surface area contributed by atoms with Gasteiger partial charge in [-0.3, -0.25) is 19.7 Å². The molecule has 0 heterocycles. The normalized spacial score (nSPS) is 11.3. The monoisotopic (exact) mass is 365 g/mol. The van der Waals surface area contributed by atoms with Crippen LogP contribution in [0.25, 0.3) is 0 Å². The predicted octanol–water partition coefficient (Wildman–Crippen LogP) is 1.81. The number of hydrogen-bond donors (Lipinski definition) is 2. The van der Waals surface area contributed by atoms with E-state index < -0.39 is 22.5 Å². The quantitative estimate of drug-likeness (QED) is 0.390. The maximum Gasteiger partial charge on any atom is 0.338 e. The van der Waals surface area contributed by atoms with Crippen LogP contribution in [0.15, 0.2) is 18.2 Å². The smallest absolute Gasteiger partial charge is 0.338 e. The molecule has 0 spiro atoms. The van der Waals surface area contributed by atoms with E-state index in [1.54, 1.807) is 6.92 Å². The maximum absolute atomic E-state index is 12.2. The minimum absolute atomic E-state index is 0.0436. The van der Waals surface area contributed by atoms with Crippen molar-refractivity contribution in [2.75, 3.05) is 13.2 Å². The Morgan fingerprint density at radius 1 is 1.19 bits per heavy atom. The van der Waals surface area contributed by atoms with Crippen molar-refractivity contribution in [3.63, 3.8) is 0 Å². The third-order valence-corrected chi connectivity index (χ3v) is 3.56. The molecule has 9 heteroatoms. The minimum Gasteiger partial charge on any atom is -0.462 e. The fraction of sp³-hybridized carbons (Fsp3) is 0.471. The Hall–Kier alpha value is -2.97. The fourth-order valence-corrected chi connectivity index (χ4v) is 2.02. The first-order valence-electron chi connectivity index (χ1n) is 8.32. The highest BCUT2D eigenvalue weighted by Crippen LogP contribution is 2.18. The molecule has 0 aliphatic heterocycles. The van der Waals surface area contributed by atoms with Gasteiger partial charge in [-0.1, -0.05) is 6.92 Å². The Balaban J connectivity index is 2.79. The molecule has 2 amide bonds.